The number of hydrogen-bond acceptors (Lipinski definition) is 8. The molecular formula is C18H23ClN6O2. The van der Waals surface area contributed by atoms with Crippen LogP contribution in [-0.2, 0) is 6.54 Å². The molecular weight excluding hydrogens is 368 g/mol. The Morgan fingerprint density at radius 3 is 2.26 bits per heavy atom. The van der Waals surface area contributed by atoms with Gasteiger partial charge in [-0.1, -0.05) is 0 Å². The molecule has 144 valence electrons. The first kappa shape index (κ1) is 20.3. The molecule has 2 heterocycles. The van der Waals surface area contributed by atoms with Crippen molar-refractivity contribution in [2.24, 2.45) is 0 Å². The van der Waals surface area contributed by atoms with Crippen molar-refractivity contribution in [3.63, 3.8) is 0 Å². The number of ether oxygens (including phenoxy) is 2. The van der Waals surface area contributed by atoms with E-state index in [4.69, 9.17) is 20.9 Å². The van der Waals surface area contributed by atoms with Crippen LogP contribution >= 0.6 is 12.4 Å². The average Bonchev–Trinajstić information content (AvgIpc) is 2.62. The number of pyridine rings is 1. The van der Waals surface area contributed by atoms with Gasteiger partial charge < -0.3 is 25.8 Å². The van der Waals surface area contributed by atoms with E-state index in [9.17, 15) is 0 Å². The van der Waals surface area contributed by atoms with Crippen molar-refractivity contribution in [3.8, 4) is 11.5 Å². The van der Waals surface area contributed by atoms with E-state index in [1.807, 2.05) is 32.2 Å². The summed E-state index contributed by atoms with van der Waals surface area (Å²) in [4.78, 5) is 14.7. The Kier molecular flexibility index (Phi) is 6.12. The van der Waals surface area contributed by atoms with Gasteiger partial charge in [0.25, 0.3) is 0 Å². The number of hydrogen-bond donors (Lipinski definition) is 2. The zero-order chi connectivity index (χ0) is 18.8. The van der Waals surface area contributed by atoms with Crippen LogP contribution in [0.3, 0.4) is 0 Å². The highest BCUT2D eigenvalue weighted by atomic mass is 35.5. The van der Waals surface area contributed by atoms with Crippen LogP contribution in [0.25, 0.3) is 11.0 Å². The Bertz CT molecular complexity index is 944. The number of halogens is 1. The molecule has 0 aliphatic carbocycles. The molecule has 0 aliphatic rings. The molecule has 1 aromatic carbocycles. The number of aryl methyl sites for hydroxylation is 1. The Labute approximate surface area is 163 Å². The van der Waals surface area contributed by atoms with Crippen molar-refractivity contribution in [3.05, 3.63) is 35.5 Å². The van der Waals surface area contributed by atoms with E-state index in [-0.39, 0.29) is 18.4 Å². The number of anilines is 3. The second-order valence-corrected chi connectivity index (χ2v) is 6.00. The number of nitrogen functional groups attached to an aromatic ring is 2. The second kappa shape index (κ2) is 8.13. The predicted octanol–water partition coefficient (Wildman–Crippen LogP) is 2.57. The van der Waals surface area contributed by atoms with Crippen LogP contribution in [-0.4, -0.2) is 36.2 Å². The van der Waals surface area contributed by atoms with Gasteiger partial charge in [0.1, 0.15) is 17.3 Å². The lowest BCUT2D eigenvalue weighted by Crippen LogP contribution is -2.18. The van der Waals surface area contributed by atoms with E-state index < -0.39 is 0 Å². The summed E-state index contributed by atoms with van der Waals surface area (Å²) in [5.41, 5.74) is 15.1. The minimum absolute atomic E-state index is 0. The largest absolute Gasteiger partial charge is 0.497 e. The number of aromatic nitrogens is 3. The van der Waals surface area contributed by atoms with Crippen molar-refractivity contribution in [2.75, 3.05) is 37.6 Å². The first-order valence-corrected chi connectivity index (χ1v) is 8.04. The Morgan fingerprint density at radius 1 is 1.04 bits per heavy atom. The zero-order valence-corrected chi connectivity index (χ0v) is 16.5. The first-order chi connectivity index (χ1) is 12.4. The summed E-state index contributed by atoms with van der Waals surface area (Å²) in [6.45, 7) is 2.60. The third kappa shape index (κ3) is 4.06. The smallest absolute Gasteiger partial charge is 0.224 e. The second-order valence-electron chi connectivity index (χ2n) is 6.00. The lowest BCUT2D eigenvalue weighted by Gasteiger charge is -2.22. The molecule has 3 aromatic rings. The maximum absolute atomic E-state index is 6.03. The fourth-order valence-corrected chi connectivity index (χ4v) is 2.85. The van der Waals surface area contributed by atoms with Gasteiger partial charge in [0.05, 0.1) is 19.6 Å². The molecule has 0 saturated carbocycles. The van der Waals surface area contributed by atoms with Gasteiger partial charge in [-0.25, -0.2) is 4.98 Å². The third-order valence-corrected chi connectivity index (χ3v) is 4.32. The van der Waals surface area contributed by atoms with Gasteiger partial charge in [0.15, 0.2) is 5.65 Å². The van der Waals surface area contributed by atoms with Gasteiger partial charge in [-0.3, -0.25) is 0 Å². The summed E-state index contributed by atoms with van der Waals surface area (Å²) in [7, 11) is 5.25. The Balaban J connectivity index is 0.00000261. The number of nitrogens with two attached hydrogens (primary N) is 2. The van der Waals surface area contributed by atoms with E-state index >= 15 is 0 Å². The molecule has 3 rings (SSSR count). The molecule has 0 unspecified atom stereocenters. The van der Waals surface area contributed by atoms with Crippen molar-refractivity contribution < 1.29 is 9.47 Å². The maximum Gasteiger partial charge on any atom is 0.224 e. The van der Waals surface area contributed by atoms with E-state index in [1.54, 1.807) is 20.4 Å². The van der Waals surface area contributed by atoms with Crippen LogP contribution in [0, 0.1) is 6.92 Å². The van der Waals surface area contributed by atoms with Crippen LogP contribution in [0.1, 0.15) is 11.1 Å². The summed E-state index contributed by atoms with van der Waals surface area (Å²) in [6.07, 6.45) is 1.79. The molecule has 0 radical (unpaired) electrons. The molecule has 0 bridgehead atoms. The molecule has 0 atom stereocenters. The number of nitrogens with zero attached hydrogens (tertiary/aromatic N) is 4. The minimum Gasteiger partial charge on any atom is -0.497 e. The average molecular weight is 391 g/mol. The highest BCUT2D eigenvalue weighted by molar-refractivity contribution is 5.90. The van der Waals surface area contributed by atoms with Crippen LogP contribution in [0.4, 0.5) is 17.5 Å². The Hall–Kier alpha value is -3.00. The number of rotatable bonds is 5. The van der Waals surface area contributed by atoms with Crippen LogP contribution in [0.15, 0.2) is 24.4 Å². The monoisotopic (exact) mass is 390 g/mol. The zero-order valence-electron chi connectivity index (χ0n) is 15.7. The topological polar surface area (TPSA) is 112 Å². The Morgan fingerprint density at radius 2 is 1.67 bits per heavy atom. The maximum atomic E-state index is 6.03. The lowest BCUT2D eigenvalue weighted by atomic mass is 10.1. The van der Waals surface area contributed by atoms with E-state index in [2.05, 4.69) is 19.9 Å². The highest BCUT2D eigenvalue weighted by Crippen LogP contribution is 2.30. The molecule has 2 aromatic heterocycles. The van der Waals surface area contributed by atoms with Crippen molar-refractivity contribution in [1.29, 1.82) is 0 Å². The third-order valence-electron chi connectivity index (χ3n) is 4.32. The standard InChI is InChI=1S/C18H22N6O2.ClH/c1-10-11(8-21-17-15(10)16(19)22-18(20)23-17)9-24(2)12-5-13(25-3)7-14(6-12)26-4;/h5-8H,9H2,1-4H3,(H4,19,20,21,22,23);1H. The van der Waals surface area contributed by atoms with Gasteiger partial charge in [-0.15, -0.1) is 12.4 Å². The van der Waals surface area contributed by atoms with Gasteiger partial charge in [-0.05, 0) is 18.1 Å². The van der Waals surface area contributed by atoms with Crippen molar-refractivity contribution in [2.45, 2.75) is 13.5 Å². The van der Waals surface area contributed by atoms with E-state index in [0.29, 0.717) is 18.0 Å². The van der Waals surface area contributed by atoms with Gasteiger partial charge >= 0.3 is 0 Å². The molecule has 0 amide bonds. The van der Waals surface area contributed by atoms with Crippen molar-refractivity contribution >= 4 is 40.9 Å². The highest BCUT2D eigenvalue weighted by Gasteiger charge is 2.14. The van der Waals surface area contributed by atoms with E-state index in [0.717, 1.165) is 33.7 Å². The van der Waals surface area contributed by atoms with Crippen LogP contribution in [0.2, 0.25) is 0 Å². The summed E-state index contributed by atoms with van der Waals surface area (Å²) in [5, 5.41) is 0.730. The van der Waals surface area contributed by atoms with Crippen molar-refractivity contribution in [1.82, 2.24) is 15.0 Å². The van der Waals surface area contributed by atoms with Gasteiger partial charge in [-0.2, -0.15) is 9.97 Å². The molecule has 4 N–H and O–H groups in total. The SMILES string of the molecule is COc1cc(OC)cc(N(C)Cc2cnc3nc(N)nc(N)c3c2C)c1.Cl. The molecule has 27 heavy (non-hydrogen) atoms. The molecule has 0 fully saturated rings. The minimum atomic E-state index is 0. The summed E-state index contributed by atoms with van der Waals surface area (Å²) < 4.78 is 10.7. The fourth-order valence-electron chi connectivity index (χ4n) is 2.85. The molecule has 0 spiro atoms. The number of benzene rings is 1. The quantitative estimate of drug-likeness (QED) is 0.683. The van der Waals surface area contributed by atoms with E-state index in [1.165, 1.54) is 0 Å². The molecule has 9 heteroatoms. The summed E-state index contributed by atoms with van der Waals surface area (Å²) >= 11 is 0. The van der Waals surface area contributed by atoms with Crippen LogP contribution in [0.5, 0.6) is 11.5 Å². The molecule has 0 aliphatic heterocycles. The molecule has 0 saturated heterocycles. The lowest BCUT2D eigenvalue weighted by molar-refractivity contribution is 0.394. The number of fused-ring (bicyclic) bond motifs is 1. The normalized spacial score (nSPS) is 10.4. The summed E-state index contributed by atoms with van der Waals surface area (Å²) in [6, 6.07) is 5.73. The fraction of sp³-hybridized carbons (Fsp3) is 0.278. The first-order valence-electron chi connectivity index (χ1n) is 8.04. The number of methoxy groups -OCH3 is 2. The summed E-state index contributed by atoms with van der Waals surface area (Å²) in [5.74, 6) is 1.92. The van der Waals surface area contributed by atoms with Crippen LogP contribution < -0.4 is 25.8 Å². The molecule has 8 nitrogen and oxygen atoms in total. The predicted molar refractivity (Wildman–Crippen MR) is 110 cm³/mol. The van der Waals surface area contributed by atoms with Gasteiger partial charge in [0, 0.05) is 43.7 Å². The van der Waals surface area contributed by atoms with Gasteiger partial charge in [0.2, 0.25) is 5.95 Å².